The van der Waals surface area contributed by atoms with E-state index in [9.17, 15) is 10.5 Å². The van der Waals surface area contributed by atoms with Crippen LogP contribution in [0.4, 0.5) is 0 Å². The molecule has 5 rings (SSSR count). The molecule has 0 saturated carbocycles. The Morgan fingerprint density at radius 2 is 0.676 bits per heavy atom. The number of rotatable bonds is 4. The summed E-state index contributed by atoms with van der Waals surface area (Å²) in [5.74, 6) is 0. The highest BCUT2D eigenvalue weighted by atomic mass is 14.3. The normalized spacial score (nSPS) is 10.3. The van der Waals surface area contributed by atoms with Crippen molar-refractivity contribution in [3.8, 4) is 56.6 Å². The molecule has 0 saturated heterocycles. The molecule has 158 valence electrons. The Labute approximate surface area is 199 Å². The zero-order valence-corrected chi connectivity index (χ0v) is 18.4. The predicted molar refractivity (Wildman–Crippen MR) is 138 cm³/mol. The van der Waals surface area contributed by atoms with Crippen molar-refractivity contribution in [1.82, 2.24) is 0 Å². The van der Waals surface area contributed by atoms with Crippen LogP contribution in [-0.2, 0) is 0 Å². The van der Waals surface area contributed by atoms with E-state index >= 15 is 0 Å². The quantitative estimate of drug-likeness (QED) is 0.288. The van der Waals surface area contributed by atoms with Gasteiger partial charge in [-0.1, -0.05) is 109 Å². The summed E-state index contributed by atoms with van der Waals surface area (Å²) in [6.45, 7) is 0. The lowest BCUT2D eigenvalue weighted by atomic mass is 9.86. The number of benzene rings is 5. The minimum absolute atomic E-state index is 0.542. The van der Waals surface area contributed by atoms with Gasteiger partial charge in [0, 0.05) is 11.1 Å². The molecule has 0 N–H and O–H groups in total. The van der Waals surface area contributed by atoms with Crippen LogP contribution in [0.5, 0.6) is 0 Å². The summed E-state index contributed by atoms with van der Waals surface area (Å²) >= 11 is 0. The molecule has 2 heteroatoms. The molecule has 0 aliphatic carbocycles. The zero-order chi connectivity index (χ0) is 23.3. The van der Waals surface area contributed by atoms with E-state index in [1.807, 2.05) is 84.9 Å². The largest absolute Gasteiger partial charge is 0.192 e. The fraction of sp³-hybridized carbons (Fsp3) is 0. The van der Waals surface area contributed by atoms with Gasteiger partial charge in [-0.15, -0.1) is 0 Å². The maximum absolute atomic E-state index is 10.1. The van der Waals surface area contributed by atoms with Crippen molar-refractivity contribution in [1.29, 1.82) is 10.5 Å². The van der Waals surface area contributed by atoms with Gasteiger partial charge in [-0.25, -0.2) is 0 Å². The van der Waals surface area contributed by atoms with E-state index < -0.39 is 0 Å². The van der Waals surface area contributed by atoms with Crippen molar-refractivity contribution < 1.29 is 0 Å². The molecular formula is C32H20N2. The van der Waals surface area contributed by atoms with Crippen LogP contribution in [0.25, 0.3) is 44.5 Å². The first-order valence-corrected chi connectivity index (χ1v) is 11.1. The van der Waals surface area contributed by atoms with E-state index in [1.165, 1.54) is 0 Å². The lowest BCUT2D eigenvalue weighted by Gasteiger charge is -2.16. The van der Waals surface area contributed by atoms with Gasteiger partial charge in [-0.3, -0.25) is 0 Å². The summed E-state index contributed by atoms with van der Waals surface area (Å²) in [6, 6.07) is 44.7. The third kappa shape index (κ3) is 3.86. The zero-order valence-electron chi connectivity index (χ0n) is 18.4. The highest BCUT2D eigenvalue weighted by Gasteiger charge is 2.17. The standard InChI is InChI=1S/C32H20N2/c33-21-25-20-32(30-18-10-8-16-28(30)24-13-5-2-6-14-24)26(22-34)19-31(25)29-17-9-7-15-27(29)23-11-3-1-4-12-23/h1-20H. The lowest BCUT2D eigenvalue weighted by Crippen LogP contribution is -1.95. The molecule has 5 aromatic carbocycles. The van der Waals surface area contributed by atoms with Gasteiger partial charge in [0.1, 0.15) is 0 Å². The number of hydrogen-bond donors (Lipinski definition) is 0. The first kappa shape index (κ1) is 21.0. The molecule has 0 spiro atoms. The van der Waals surface area contributed by atoms with E-state index in [1.54, 1.807) is 0 Å². The molecule has 0 unspecified atom stereocenters. The van der Waals surface area contributed by atoms with Crippen LogP contribution in [-0.4, -0.2) is 0 Å². The second-order valence-electron chi connectivity index (χ2n) is 7.99. The Bertz CT molecular complexity index is 1430. The number of hydrogen-bond acceptors (Lipinski definition) is 2. The fourth-order valence-electron chi connectivity index (χ4n) is 4.41. The summed E-state index contributed by atoms with van der Waals surface area (Å²) < 4.78 is 0. The SMILES string of the molecule is N#Cc1cc(-c2ccccc2-c2ccccc2)c(C#N)cc1-c1ccccc1-c1ccccc1. The van der Waals surface area contributed by atoms with Gasteiger partial charge in [-0.05, 0) is 45.5 Å². The van der Waals surface area contributed by atoms with Gasteiger partial charge in [-0.2, -0.15) is 10.5 Å². The summed E-state index contributed by atoms with van der Waals surface area (Å²) in [5.41, 5.74) is 8.67. The van der Waals surface area contributed by atoms with Crippen molar-refractivity contribution >= 4 is 0 Å². The first-order chi connectivity index (χ1) is 16.8. The van der Waals surface area contributed by atoms with Crippen molar-refractivity contribution in [3.63, 3.8) is 0 Å². The minimum Gasteiger partial charge on any atom is -0.192 e. The number of nitriles is 2. The van der Waals surface area contributed by atoms with Crippen LogP contribution in [0.2, 0.25) is 0 Å². The number of nitrogens with zero attached hydrogens (tertiary/aromatic N) is 2. The molecule has 5 aromatic rings. The second kappa shape index (κ2) is 9.29. The average Bonchev–Trinajstić information content (AvgIpc) is 2.93. The molecule has 0 amide bonds. The Kier molecular flexibility index (Phi) is 5.73. The summed E-state index contributed by atoms with van der Waals surface area (Å²) in [7, 11) is 0. The summed E-state index contributed by atoms with van der Waals surface area (Å²) in [5, 5.41) is 20.3. The highest BCUT2D eigenvalue weighted by Crippen LogP contribution is 2.39. The van der Waals surface area contributed by atoms with Crippen molar-refractivity contribution in [2.24, 2.45) is 0 Å². The molecule has 0 heterocycles. The van der Waals surface area contributed by atoms with Crippen LogP contribution in [0.15, 0.2) is 121 Å². The molecule has 0 aliphatic rings. The first-order valence-electron chi connectivity index (χ1n) is 11.1. The van der Waals surface area contributed by atoms with Crippen molar-refractivity contribution in [3.05, 3.63) is 132 Å². The van der Waals surface area contributed by atoms with Gasteiger partial charge in [0.15, 0.2) is 0 Å². The van der Waals surface area contributed by atoms with Gasteiger partial charge in [0.05, 0.1) is 23.3 Å². The van der Waals surface area contributed by atoms with Crippen molar-refractivity contribution in [2.75, 3.05) is 0 Å². The molecule has 2 nitrogen and oxygen atoms in total. The second-order valence-corrected chi connectivity index (χ2v) is 7.99. The van der Waals surface area contributed by atoms with E-state index in [2.05, 4.69) is 48.5 Å². The van der Waals surface area contributed by atoms with Gasteiger partial charge >= 0.3 is 0 Å². The molecule has 0 aliphatic heterocycles. The highest BCUT2D eigenvalue weighted by molar-refractivity contribution is 5.91. The van der Waals surface area contributed by atoms with Gasteiger partial charge < -0.3 is 0 Å². The van der Waals surface area contributed by atoms with Crippen LogP contribution in [0, 0.1) is 22.7 Å². The molecule has 0 aromatic heterocycles. The van der Waals surface area contributed by atoms with Crippen molar-refractivity contribution in [2.45, 2.75) is 0 Å². The predicted octanol–water partition coefficient (Wildman–Crippen LogP) is 8.10. The maximum Gasteiger partial charge on any atom is 0.0998 e. The van der Waals surface area contributed by atoms with Gasteiger partial charge in [0.2, 0.25) is 0 Å². The summed E-state index contributed by atoms with van der Waals surface area (Å²) in [4.78, 5) is 0. The average molecular weight is 433 g/mol. The third-order valence-electron chi connectivity index (χ3n) is 6.00. The smallest absolute Gasteiger partial charge is 0.0998 e. The summed E-state index contributed by atoms with van der Waals surface area (Å²) in [6.07, 6.45) is 0. The molecular weight excluding hydrogens is 412 g/mol. The Hall–Kier alpha value is -4.92. The molecule has 34 heavy (non-hydrogen) atoms. The molecule has 0 bridgehead atoms. The van der Waals surface area contributed by atoms with E-state index in [4.69, 9.17) is 0 Å². The fourth-order valence-corrected chi connectivity index (χ4v) is 4.41. The lowest BCUT2D eigenvalue weighted by molar-refractivity contribution is 1.44. The Morgan fingerprint density at radius 3 is 1.03 bits per heavy atom. The van der Waals surface area contributed by atoms with E-state index in [0.717, 1.165) is 44.5 Å². The van der Waals surface area contributed by atoms with E-state index in [-0.39, 0.29) is 0 Å². The minimum atomic E-state index is 0.542. The maximum atomic E-state index is 10.1. The Balaban J connectivity index is 1.73. The molecule has 0 fully saturated rings. The van der Waals surface area contributed by atoms with Crippen LogP contribution in [0.3, 0.4) is 0 Å². The molecule has 0 radical (unpaired) electrons. The van der Waals surface area contributed by atoms with Crippen LogP contribution >= 0.6 is 0 Å². The monoisotopic (exact) mass is 432 g/mol. The van der Waals surface area contributed by atoms with E-state index in [0.29, 0.717) is 11.1 Å². The third-order valence-corrected chi connectivity index (χ3v) is 6.00. The topological polar surface area (TPSA) is 47.6 Å². The van der Waals surface area contributed by atoms with Gasteiger partial charge in [0.25, 0.3) is 0 Å². The van der Waals surface area contributed by atoms with Crippen LogP contribution in [0.1, 0.15) is 11.1 Å². The Morgan fingerprint density at radius 1 is 0.353 bits per heavy atom. The molecule has 0 atom stereocenters. The van der Waals surface area contributed by atoms with Crippen LogP contribution < -0.4 is 0 Å².